The average Bonchev–Trinajstić information content (AvgIpc) is 3.07. The van der Waals surface area contributed by atoms with Crippen LogP contribution < -0.4 is 9.64 Å². The Kier molecular flexibility index (Phi) is 4.46. The van der Waals surface area contributed by atoms with Gasteiger partial charge in [0.1, 0.15) is 11.3 Å². The third kappa shape index (κ3) is 3.15. The summed E-state index contributed by atoms with van der Waals surface area (Å²) in [4.78, 5) is 14.3. The van der Waals surface area contributed by atoms with Gasteiger partial charge in [0.25, 0.3) is 0 Å². The Morgan fingerprint density at radius 1 is 1.16 bits per heavy atom. The number of ether oxygens (including phenoxy) is 1. The van der Waals surface area contributed by atoms with Gasteiger partial charge in [0.2, 0.25) is 0 Å². The number of aromatic nitrogens is 1. The van der Waals surface area contributed by atoms with Crippen LogP contribution in [-0.2, 0) is 0 Å². The zero-order valence-electron chi connectivity index (χ0n) is 15.0. The SMILES string of the molecule is COc1cccc2c(N3CCN(C4=NCC(C)S4)CC3)cc(C)nc12. The lowest BCUT2D eigenvalue weighted by Crippen LogP contribution is -2.48. The van der Waals surface area contributed by atoms with E-state index >= 15 is 0 Å². The van der Waals surface area contributed by atoms with Crippen LogP contribution in [0.2, 0.25) is 0 Å². The van der Waals surface area contributed by atoms with Gasteiger partial charge in [0.05, 0.1) is 13.7 Å². The van der Waals surface area contributed by atoms with Gasteiger partial charge in [0, 0.05) is 48.2 Å². The zero-order chi connectivity index (χ0) is 17.4. The summed E-state index contributed by atoms with van der Waals surface area (Å²) in [6.07, 6.45) is 0. The molecule has 3 heterocycles. The molecule has 6 heteroatoms. The Morgan fingerprint density at radius 2 is 1.92 bits per heavy atom. The molecular formula is C19H24N4OS. The number of thioether (sulfide) groups is 1. The highest BCUT2D eigenvalue weighted by Crippen LogP contribution is 2.33. The second-order valence-electron chi connectivity index (χ2n) is 6.67. The minimum atomic E-state index is 0.618. The number of rotatable bonds is 2. The Balaban J connectivity index is 1.59. The van der Waals surface area contributed by atoms with Crippen LogP contribution in [0, 0.1) is 6.92 Å². The van der Waals surface area contributed by atoms with E-state index in [0.29, 0.717) is 5.25 Å². The lowest BCUT2D eigenvalue weighted by Gasteiger charge is -2.37. The number of nitrogens with zero attached hydrogens (tertiary/aromatic N) is 4. The van der Waals surface area contributed by atoms with Crippen molar-refractivity contribution in [2.75, 3.05) is 44.7 Å². The van der Waals surface area contributed by atoms with Crippen LogP contribution in [0.3, 0.4) is 0 Å². The van der Waals surface area contributed by atoms with Crippen molar-refractivity contribution in [2.24, 2.45) is 4.99 Å². The van der Waals surface area contributed by atoms with Crippen LogP contribution in [0.4, 0.5) is 5.69 Å². The van der Waals surface area contributed by atoms with E-state index in [2.05, 4.69) is 40.8 Å². The highest BCUT2D eigenvalue weighted by Gasteiger charge is 2.25. The third-order valence-corrected chi connectivity index (χ3v) is 5.96. The van der Waals surface area contributed by atoms with Gasteiger partial charge >= 0.3 is 0 Å². The lowest BCUT2D eigenvalue weighted by atomic mass is 10.1. The molecule has 2 aliphatic heterocycles. The van der Waals surface area contributed by atoms with Crippen molar-refractivity contribution in [1.82, 2.24) is 9.88 Å². The first-order chi connectivity index (χ1) is 12.2. The molecule has 2 aromatic rings. The molecule has 5 nitrogen and oxygen atoms in total. The quantitative estimate of drug-likeness (QED) is 0.827. The maximum atomic E-state index is 5.51. The number of hydrogen-bond acceptors (Lipinski definition) is 6. The second-order valence-corrected chi connectivity index (χ2v) is 8.07. The molecule has 4 rings (SSSR count). The van der Waals surface area contributed by atoms with E-state index in [0.717, 1.165) is 49.7 Å². The van der Waals surface area contributed by atoms with Crippen molar-refractivity contribution >= 4 is 33.5 Å². The molecule has 0 amide bonds. The molecule has 0 bridgehead atoms. The Bertz CT molecular complexity index is 814. The van der Waals surface area contributed by atoms with Crippen molar-refractivity contribution in [1.29, 1.82) is 0 Å². The van der Waals surface area contributed by atoms with Crippen molar-refractivity contribution in [3.63, 3.8) is 0 Å². The molecule has 0 saturated carbocycles. The van der Waals surface area contributed by atoms with Gasteiger partial charge in [-0.15, -0.1) is 0 Å². The van der Waals surface area contributed by atoms with E-state index in [-0.39, 0.29) is 0 Å². The number of aliphatic imine (C=N–C) groups is 1. The van der Waals surface area contributed by atoms with E-state index < -0.39 is 0 Å². The number of fused-ring (bicyclic) bond motifs is 1. The molecule has 1 aromatic carbocycles. The summed E-state index contributed by atoms with van der Waals surface area (Å²) in [5.74, 6) is 0.840. The molecule has 1 fully saturated rings. The smallest absolute Gasteiger partial charge is 0.159 e. The summed E-state index contributed by atoms with van der Waals surface area (Å²) in [5, 5.41) is 3.01. The Hall–Kier alpha value is -1.95. The van der Waals surface area contributed by atoms with Gasteiger partial charge in [0.15, 0.2) is 5.17 Å². The van der Waals surface area contributed by atoms with Crippen molar-refractivity contribution < 1.29 is 4.74 Å². The maximum Gasteiger partial charge on any atom is 0.159 e. The fourth-order valence-corrected chi connectivity index (χ4v) is 4.52. The predicted molar refractivity (Wildman–Crippen MR) is 106 cm³/mol. The highest BCUT2D eigenvalue weighted by molar-refractivity contribution is 8.14. The standard InChI is InChI=1S/C19H24N4OS/c1-13-11-16(15-5-4-6-17(24-3)18(15)21-13)22-7-9-23(10-8-22)19-20-12-14(2)25-19/h4-6,11,14H,7-10,12H2,1-3H3. The summed E-state index contributed by atoms with van der Waals surface area (Å²) < 4.78 is 5.51. The molecule has 0 spiro atoms. The van der Waals surface area contributed by atoms with E-state index in [1.807, 2.05) is 23.9 Å². The first-order valence-corrected chi connectivity index (χ1v) is 9.69. The number of hydrogen-bond donors (Lipinski definition) is 0. The first kappa shape index (κ1) is 16.5. The normalized spacial score (nSPS) is 20.9. The fraction of sp³-hybridized carbons (Fsp3) is 0.474. The van der Waals surface area contributed by atoms with E-state index in [1.165, 1.54) is 16.2 Å². The Morgan fingerprint density at radius 3 is 2.60 bits per heavy atom. The molecule has 1 saturated heterocycles. The van der Waals surface area contributed by atoms with Gasteiger partial charge in [-0.1, -0.05) is 30.8 Å². The summed E-state index contributed by atoms with van der Waals surface area (Å²) >= 11 is 1.91. The largest absolute Gasteiger partial charge is 0.494 e. The molecule has 2 aliphatic rings. The van der Waals surface area contributed by atoms with Crippen molar-refractivity contribution in [2.45, 2.75) is 19.1 Å². The average molecular weight is 356 g/mol. The number of amidine groups is 1. The highest BCUT2D eigenvalue weighted by atomic mass is 32.2. The first-order valence-electron chi connectivity index (χ1n) is 8.81. The number of methoxy groups -OCH3 is 1. The number of benzene rings is 1. The maximum absolute atomic E-state index is 5.51. The van der Waals surface area contributed by atoms with Gasteiger partial charge in [-0.25, -0.2) is 4.98 Å². The summed E-state index contributed by atoms with van der Waals surface area (Å²) in [7, 11) is 1.71. The van der Waals surface area contributed by atoms with Crippen LogP contribution in [0.1, 0.15) is 12.6 Å². The summed E-state index contributed by atoms with van der Waals surface area (Å²) in [6, 6.07) is 8.36. The topological polar surface area (TPSA) is 41.0 Å². The van der Waals surface area contributed by atoms with Crippen LogP contribution in [-0.4, -0.2) is 60.1 Å². The summed E-state index contributed by atoms with van der Waals surface area (Å²) in [5.41, 5.74) is 3.24. The molecule has 0 N–H and O–H groups in total. The van der Waals surface area contributed by atoms with Gasteiger partial charge in [-0.05, 0) is 19.1 Å². The van der Waals surface area contributed by atoms with E-state index in [9.17, 15) is 0 Å². The molecule has 1 aromatic heterocycles. The predicted octanol–water partition coefficient (Wildman–Crippen LogP) is 3.17. The number of aryl methyl sites for hydroxylation is 1. The number of anilines is 1. The number of para-hydroxylation sites is 1. The third-order valence-electron chi connectivity index (χ3n) is 4.81. The molecule has 1 unspecified atom stereocenters. The molecule has 1 atom stereocenters. The minimum absolute atomic E-state index is 0.618. The van der Waals surface area contributed by atoms with Crippen molar-refractivity contribution in [3.8, 4) is 5.75 Å². The molecule has 0 aliphatic carbocycles. The molecule has 132 valence electrons. The summed E-state index contributed by atoms with van der Waals surface area (Å²) in [6.45, 7) is 9.30. The van der Waals surface area contributed by atoms with Gasteiger partial charge in [-0.3, -0.25) is 4.99 Å². The van der Waals surface area contributed by atoms with Crippen LogP contribution in [0.5, 0.6) is 5.75 Å². The molecule has 25 heavy (non-hydrogen) atoms. The monoisotopic (exact) mass is 356 g/mol. The minimum Gasteiger partial charge on any atom is -0.494 e. The number of piperazine rings is 1. The fourth-order valence-electron chi connectivity index (χ4n) is 3.53. The zero-order valence-corrected chi connectivity index (χ0v) is 15.8. The van der Waals surface area contributed by atoms with Gasteiger partial charge in [-0.2, -0.15) is 0 Å². The van der Waals surface area contributed by atoms with Crippen LogP contribution >= 0.6 is 11.8 Å². The molecular weight excluding hydrogens is 332 g/mol. The van der Waals surface area contributed by atoms with Gasteiger partial charge < -0.3 is 14.5 Å². The number of pyridine rings is 1. The van der Waals surface area contributed by atoms with Crippen LogP contribution in [0.25, 0.3) is 10.9 Å². The van der Waals surface area contributed by atoms with Crippen LogP contribution in [0.15, 0.2) is 29.3 Å². The van der Waals surface area contributed by atoms with Crippen molar-refractivity contribution in [3.05, 3.63) is 30.0 Å². The Labute approximate surface area is 153 Å². The second kappa shape index (κ2) is 6.75. The van der Waals surface area contributed by atoms with E-state index in [4.69, 9.17) is 9.72 Å². The lowest BCUT2D eigenvalue weighted by molar-refractivity contribution is 0.392. The molecule has 0 radical (unpaired) electrons. The van der Waals surface area contributed by atoms with E-state index in [1.54, 1.807) is 7.11 Å².